The Hall–Kier alpha value is -1.47. The van der Waals surface area contributed by atoms with Crippen molar-refractivity contribution in [3.05, 3.63) is 0 Å². The second-order valence-corrected chi connectivity index (χ2v) is 7.35. The monoisotopic (exact) mass is 395 g/mol. The second-order valence-electron chi connectivity index (χ2n) is 6.17. The van der Waals surface area contributed by atoms with Crippen LogP contribution in [0.15, 0.2) is 0 Å². The van der Waals surface area contributed by atoms with E-state index in [0.29, 0.717) is 11.3 Å². The lowest BCUT2D eigenvalue weighted by molar-refractivity contribution is -0.192. The lowest BCUT2D eigenvalue weighted by Gasteiger charge is -2.25. The summed E-state index contributed by atoms with van der Waals surface area (Å²) in [4.78, 5) is 23.1. The summed E-state index contributed by atoms with van der Waals surface area (Å²) < 4.78 is 31.7. The van der Waals surface area contributed by atoms with Crippen LogP contribution in [0.3, 0.4) is 0 Å². The van der Waals surface area contributed by atoms with Crippen LogP contribution in [-0.2, 0) is 9.59 Å². The number of halogens is 3. The third-order valence-electron chi connectivity index (χ3n) is 4.51. The Balaban J connectivity index is 0.000000412. The van der Waals surface area contributed by atoms with Crippen LogP contribution in [0.1, 0.15) is 39.5 Å². The van der Waals surface area contributed by atoms with E-state index >= 15 is 0 Å². The van der Waals surface area contributed by atoms with E-state index in [2.05, 4.69) is 25.2 Å². The Morgan fingerprint density at radius 3 is 2.42 bits per heavy atom. The molecule has 6 nitrogen and oxygen atoms in total. The van der Waals surface area contributed by atoms with Crippen molar-refractivity contribution >= 4 is 23.6 Å². The van der Waals surface area contributed by atoms with Gasteiger partial charge in [0.25, 0.3) is 0 Å². The third-order valence-corrected chi connectivity index (χ3v) is 5.92. The highest BCUT2D eigenvalue weighted by Crippen LogP contribution is 2.30. The van der Waals surface area contributed by atoms with Crippen LogP contribution >= 0.6 is 11.8 Å². The van der Waals surface area contributed by atoms with Gasteiger partial charge in [-0.25, -0.2) is 4.79 Å². The highest BCUT2D eigenvalue weighted by molar-refractivity contribution is 8.00. The topological polar surface area (TPSA) is 93.4 Å². The van der Waals surface area contributed by atoms with Gasteiger partial charge < -0.3 is 10.0 Å². The number of likely N-dealkylation sites (tertiary alicyclic amines) is 1. The smallest absolute Gasteiger partial charge is 0.475 e. The van der Waals surface area contributed by atoms with E-state index < -0.39 is 12.1 Å². The standard InChI is InChI=1S/C14H23N3OS.C2HF3O2/c1-3-10(4-2)13-16-12(9-19-13)14(18)17-7-5-6-11(17)8-15;3-2(4,5)1(6)7/h10-13,16H,3-7,9H2,1-2H3;(H,6,7)/t11-,12-,13?;/m0./s1. The molecule has 1 unspecified atom stereocenters. The molecule has 1 amide bonds. The number of rotatable bonds is 4. The van der Waals surface area contributed by atoms with E-state index in [1.165, 1.54) is 0 Å². The summed E-state index contributed by atoms with van der Waals surface area (Å²) in [6.07, 6.45) is -1.00. The predicted molar refractivity (Wildman–Crippen MR) is 91.3 cm³/mol. The molecule has 2 fully saturated rings. The van der Waals surface area contributed by atoms with Crippen molar-refractivity contribution in [2.75, 3.05) is 12.3 Å². The summed E-state index contributed by atoms with van der Waals surface area (Å²) >= 11 is 1.86. The molecule has 2 heterocycles. The SMILES string of the molecule is CCC(CC)C1N[C@H](C(=O)N2CCC[C@H]2C#N)CS1.O=C(O)C(F)(F)F. The first-order valence-electron chi connectivity index (χ1n) is 8.53. The molecular formula is C16H24F3N3O3S. The zero-order chi connectivity index (χ0) is 19.9. The fourth-order valence-corrected chi connectivity index (χ4v) is 4.55. The number of aliphatic carboxylic acids is 1. The van der Waals surface area contributed by atoms with Gasteiger partial charge >= 0.3 is 12.1 Å². The minimum absolute atomic E-state index is 0.0930. The quantitative estimate of drug-likeness (QED) is 0.760. The number of nitrogens with one attached hydrogen (secondary N) is 1. The molecule has 0 spiro atoms. The molecule has 2 N–H and O–H groups in total. The van der Waals surface area contributed by atoms with Crippen LogP contribution < -0.4 is 5.32 Å². The van der Waals surface area contributed by atoms with Gasteiger partial charge in [-0.1, -0.05) is 26.7 Å². The van der Waals surface area contributed by atoms with Crippen molar-refractivity contribution in [1.29, 1.82) is 5.26 Å². The minimum Gasteiger partial charge on any atom is -0.475 e. The van der Waals surface area contributed by atoms with Gasteiger partial charge in [0.05, 0.1) is 17.5 Å². The first-order valence-corrected chi connectivity index (χ1v) is 9.58. The van der Waals surface area contributed by atoms with Crippen LogP contribution in [0, 0.1) is 17.2 Å². The van der Waals surface area contributed by atoms with Crippen LogP contribution in [0.25, 0.3) is 0 Å². The average Bonchev–Trinajstić information content (AvgIpc) is 3.24. The molecule has 3 atom stereocenters. The largest absolute Gasteiger partial charge is 0.490 e. The van der Waals surface area contributed by atoms with Gasteiger partial charge in [0, 0.05) is 12.3 Å². The van der Waals surface area contributed by atoms with Crippen LogP contribution in [-0.4, -0.2) is 57.8 Å². The summed E-state index contributed by atoms with van der Waals surface area (Å²) in [5.74, 6) is -1.15. The number of hydrogen-bond donors (Lipinski definition) is 2. The molecule has 2 aliphatic rings. The summed E-state index contributed by atoms with van der Waals surface area (Å²) in [5.41, 5.74) is 0. The zero-order valence-corrected chi connectivity index (χ0v) is 15.6. The normalized spacial score (nSPS) is 25.6. The molecule has 0 saturated carbocycles. The fraction of sp³-hybridized carbons (Fsp3) is 0.812. The van der Waals surface area contributed by atoms with Gasteiger partial charge in [0.1, 0.15) is 6.04 Å². The van der Waals surface area contributed by atoms with E-state index in [1.54, 1.807) is 4.90 Å². The molecule has 2 aliphatic heterocycles. The van der Waals surface area contributed by atoms with Gasteiger partial charge in [0.15, 0.2) is 0 Å². The number of carboxylic acid groups (broad SMARTS) is 1. The number of thioether (sulfide) groups is 1. The molecule has 0 bridgehead atoms. The van der Waals surface area contributed by atoms with Crippen molar-refractivity contribution < 1.29 is 27.9 Å². The summed E-state index contributed by atoms with van der Waals surface area (Å²) in [6.45, 7) is 5.16. The number of alkyl halides is 3. The molecule has 0 aromatic heterocycles. The number of hydrogen-bond acceptors (Lipinski definition) is 5. The van der Waals surface area contributed by atoms with Gasteiger partial charge in [0.2, 0.25) is 5.91 Å². The van der Waals surface area contributed by atoms with E-state index in [1.807, 2.05) is 11.8 Å². The van der Waals surface area contributed by atoms with E-state index in [0.717, 1.165) is 38.0 Å². The maximum Gasteiger partial charge on any atom is 0.490 e. The molecule has 0 aromatic rings. The molecule has 10 heteroatoms. The number of nitrogens with zero attached hydrogens (tertiary/aromatic N) is 2. The summed E-state index contributed by atoms with van der Waals surface area (Å²) in [7, 11) is 0. The van der Waals surface area contributed by atoms with Crippen LogP contribution in [0.5, 0.6) is 0 Å². The van der Waals surface area contributed by atoms with Crippen molar-refractivity contribution in [2.24, 2.45) is 5.92 Å². The lowest BCUT2D eigenvalue weighted by Crippen LogP contribution is -2.48. The van der Waals surface area contributed by atoms with Crippen molar-refractivity contribution in [3.8, 4) is 6.07 Å². The number of carboxylic acids is 1. The number of carbonyl (C=O) groups excluding carboxylic acids is 1. The molecule has 0 aliphatic carbocycles. The van der Waals surface area contributed by atoms with Gasteiger partial charge in [-0.3, -0.25) is 10.1 Å². The first-order chi connectivity index (χ1) is 12.1. The van der Waals surface area contributed by atoms with Gasteiger partial charge in [-0.05, 0) is 18.8 Å². The number of amides is 1. The lowest BCUT2D eigenvalue weighted by atomic mass is 10.0. The Bertz CT molecular complexity index is 535. The number of nitriles is 1. The Morgan fingerprint density at radius 1 is 1.38 bits per heavy atom. The van der Waals surface area contributed by atoms with E-state index in [-0.39, 0.29) is 18.0 Å². The van der Waals surface area contributed by atoms with Crippen LogP contribution in [0.4, 0.5) is 13.2 Å². The maximum atomic E-state index is 12.5. The van der Waals surface area contributed by atoms with E-state index in [4.69, 9.17) is 15.2 Å². The Morgan fingerprint density at radius 2 is 1.96 bits per heavy atom. The second kappa shape index (κ2) is 10.0. The highest BCUT2D eigenvalue weighted by Gasteiger charge is 2.39. The Labute approximate surface area is 155 Å². The predicted octanol–water partition coefficient (Wildman–Crippen LogP) is 2.60. The van der Waals surface area contributed by atoms with Gasteiger partial charge in [-0.2, -0.15) is 18.4 Å². The zero-order valence-electron chi connectivity index (χ0n) is 14.8. The Kier molecular flexibility index (Phi) is 8.70. The molecule has 0 aromatic carbocycles. The fourth-order valence-electron chi connectivity index (χ4n) is 2.99. The highest BCUT2D eigenvalue weighted by atomic mass is 32.2. The molecular weight excluding hydrogens is 371 g/mol. The molecule has 0 radical (unpaired) electrons. The van der Waals surface area contributed by atoms with Crippen LogP contribution in [0.2, 0.25) is 0 Å². The van der Waals surface area contributed by atoms with Crippen molar-refractivity contribution in [2.45, 2.75) is 63.2 Å². The van der Waals surface area contributed by atoms with Crippen molar-refractivity contribution in [1.82, 2.24) is 10.2 Å². The summed E-state index contributed by atoms with van der Waals surface area (Å²) in [6, 6.07) is 1.95. The molecule has 2 rings (SSSR count). The molecule has 2 saturated heterocycles. The van der Waals surface area contributed by atoms with Gasteiger partial charge in [-0.15, -0.1) is 11.8 Å². The third kappa shape index (κ3) is 6.06. The maximum absolute atomic E-state index is 12.5. The molecule has 26 heavy (non-hydrogen) atoms. The minimum atomic E-state index is -5.08. The summed E-state index contributed by atoms with van der Waals surface area (Å²) in [5, 5.41) is 20.1. The number of carbonyl (C=O) groups is 2. The average molecular weight is 395 g/mol. The van der Waals surface area contributed by atoms with E-state index in [9.17, 15) is 18.0 Å². The first kappa shape index (κ1) is 22.6. The molecule has 148 valence electrons. The van der Waals surface area contributed by atoms with Crippen molar-refractivity contribution in [3.63, 3.8) is 0 Å².